The van der Waals surface area contributed by atoms with E-state index >= 15 is 0 Å². The molecule has 15 aromatic rings. The van der Waals surface area contributed by atoms with E-state index < -0.39 is 0 Å². The van der Waals surface area contributed by atoms with Crippen LogP contribution >= 0.6 is 0 Å². The molecule has 2 nitrogen and oxygen atoms in total. The molecule has 3 aliphatic rings. The molecule has 13 aromatic carbocycles. The highest BCUT2D eigenvalue weighted by molar-refractivity contribution is 6.13. The molecule has 0 radical (unpaired) electrons. The van der Waals surface area contributed by atoms with E-state index in [1.165, 1.54) is 262 Å². The maximum atomic E-state index is 2.65. The Bertz CT molecular complexity index is 5610. The topological polar surface area (TPSA) is 9.86 Å². The Morgan fingerprint density at radius 1 is 0.240 bits per heavy atom. The van der Waals surface area contributed by atoms with E-state index in [0.29, 0.717) is 0 Å². The lowest BCUT2D eigenvalue weighted by molar-refractivity contribution is 0.398. The van der Waals surface area contributed by atoms with Gasteiger partial charge in [-0.2, -0.15) is 0 Å². The van der Waals surface area contributed by atoms with Crippen LogP contribution in [0.5, 0.6) is 0 Å². The SMILES string of the molecule is CCCCCCCCC1(CCCCCCCC)c2cc(-c3ccc(-c4ccc(C)cc4)cc3)ccc2-c2ccc(-c3cc(C)cc(-n4c5ccccc5c5cc(-c6ccc7c(c6)c6ccccc6n7-c6ccc7c(c6)-c6ccccc6C76c7ccccc7-c7ccccc76)ccc54)c3)cc21. The second-order valence-corrected chi connectivity index (χ2v) is 29.4. The lowest BCUT2D eigenvalue weighted by atomic mass is 9.70. The molecule has 0 bridgehead atoms. The lowest BCUT2D eigenvalue weighted by Gasteiger charge is -2.33. The van der Waals surface area contributed by atoms with Crippen LogP contribution in [0.3, 0.4) is 0 Å². The summed E-state index contributed by atoms with van der Waals surface area (Å²) in [7, 11) is 0. The van der Waals surface area contributed by atoms with Crippen molar-refractivity contribution in [2.45, 2.75) is 128 Å². The minimum Gasteiger partial charge on any atom is -0.309 e. The molecule has 0 saturated carbocycles. The molecule has 2 aromatic heterocycles. The largest absolute Gasteiger partial charge is 0.309 e. The number of aryl methyl sites for hydroxylation is 2. The minimum absolute atomic E-state index is 0.0793. The monoisotopic (exact) mass is 1290 g/mol. The molecule has 1 spiro atoms. The van der Waals surface area contributed by atoms with E-state index in [9.17, 15) is 0 Å². The molecule has 488 valence electrons. The Morgan fingerprint density at radius 2 is 0.630 bits per heavy atom. The predicted molar refractivity (Wildman–Crippen MR) is 425 cm³/mol. The molecule has 0 aliphatic heterocycles. The number of benzene rings is 13. The van der Waals surface area contributed by atoms with E-state index in [1.807, 2.05) is 0 Å². The summed E-state index contributed by atoms with van der Waals surface area (Å²) < 4.78 is 5.03. The van der Waals surface area contributed by atoms with Gasteiger partial charge >= 0.3 is 0 Å². The molecule has 3 aliphatic carbocycles. The summed E-state index contributed by atoms with van der Waals surface area (Å²) in [6.45, 7) is 9.12. The second kappa shape index (κ2) is 25.3. The zero-order chi connectivity index (χ0) is 67.1. The van der Waals surface area contributed by atoms with Crippen LogP contribution < -0.4 is 0 Å². The third kappa shape index (κ3) is 10.0. The molecule has 0 N–H and O–H groups in total. The van der Waals surface area contributed by atoms with Crippen LogP contribution in [0.25, 0.3) is 133 Å². The molecule has 0 fully saturated rings. The van der Waals surface area contributed by atoms with Gasteiger partial charge in [0, 0.05) is 38.3 Å². The van der Waals surface area contributed by atoms with Crippen molar-refractivity contribution in [3.8, 4) is 89.3 Å². The van der Waals surface area contributed by atoms with Crippen molar-refractivity contribution < 1.29 is 0 Å². The number of para-hydroxylation sites is 2. The summed E-state index contributed by atoms with van der Waals surface area (Å²) >= 11 is 0. The third-order valence-electron chi connectivity index (χ3n) is 23.4. The van der Waals surface area contributed by atoms with Gasteiger partial charge in [-0.05, 0) is 216 Å². The fourth-order valence-corrected chi connectivity index (χ4v) is 18.7. The average molecular weight is 1290 g/mol. The number of aromatic nitrogens is 2. The van der Waals surface area contributed by atoms with Crippen molar-refractivity contribution in [1.82, 2.24) is 9.13 Å². The zero-order valence-electron chi connectivity index (χ0n) is 58.4. The quantitative estimate of drug-likeness (QED) is 0.0673. The van der Waals surface area contributed by atoms with E-state index in [4.69, 9.17) is 0 Å². The van der Waals surface area contributed by atoms with E-state index in [2.05, 4.69) is 316 Å². The fourth-order valence-electron chi connectivity index (χ4n) is 18.7. The van der Waals surface area contributed by atoms with E-state index in [-0.39, 0.29) is 10.8 Å². The maximum absolute atomic E-state index is 2.65. The van der Waals surface area contributed by atoms with E-state index in [0.717, 1.165) is 0 Å². The molecule has 18 rings (SSSR count). The highest BCUT2D eigenvalue weighted by atomic mass is 15.0. The second-order valence-electron chi connectivity index (χ2n) is 29.4. The Morgan fingerprint density at radius 3 is 1.17 bits per heavy atom. The lowest BCUT2D eigenvalue weighted by Crippen LogP contribution is -2.25. The minimum atomic E-state index is -0.376. The summed E-state index contributed by atoms with van der Waals surface area (Å²) in [6, 6.07) is 108. The van der Waals surface area contributed by atoms with Gasteiger partial charge in [-0.15, -0.1) is 0 Å². The molecular formula is C98H86N2. The van der Waals surface area contributed by atoms with Gasteiger partial charge in [0.15, 0.2) is 0 Å². The highest BCUT2D eigenvalue weighted by Gasteiger charge is 2.51. The van der Waals surface area contributed by atoms with Crippen LogP contribution in [0.4, 0.5) is 0 Å². The van der Waals surface area contributed by atoms with Crippen molar-refractivity contribution in [1.29, 1.82) is 0 Å². The maximum Gasteiger partial charge on any atom is 0.0725 e. The Labute approximate surface area is 590 Å². The first-order valence-corrected chi connectivity index (χ1v) is 37.4. The summed E-state index contributed by atoms with van der Waals surface area (Å²) in [4.78, 5) is 0. The zero-order valence-corrected chi connectivity index (χ0v) is 58.4. The number of unbranched alkanes of at least 4 members (excludes halogenated alkanes) is 10. The first-order chi connectivity index (χ1) is 49.3. The number of fused-ring (bicyclic) bond motifs is 19. The van der Waals surface area contributed by atoms with Gasteiger partial charge in [0.2, 0.25) is 0 Å². The summed E-state index contributed by atoms with van der Waals surface area (Å²) in [6.07, 6.45) is 17.9. The smallest absolute Gasteiger partial charge is 0.0725 e. The Hall–Kier alpha value is -10.5. The van der Waals surface area contributed by atoms with Crippen LogP contribution in [0.1, 0.15) is 148 Å². The number of hydrogen-bond donors (Lipinski definition) is 0. The Kier molecular flexibility index (Phi) is 15.6. The van der Waals surface area contributed by atoms with E-state index in [1.54, 1.807) is 5.56 Å². The van der Waals surface area contributed by atoms with Crippen molar-refractivity contribution in [2.24, 2.45) is 0 Å². The molecule has 0 amide bonds. The molecule has 0 saturated heterocycles. The van der Waals surface area contributed by atoms with Gasteiger partial charge in [0.25, 0.3) is 0 Å². The molecular weight excluding hydrogens is 1210 g/mol. The molecule has 100 heavy (non-hydrogen) atoms. The molecule has 0 unspecified atom stereocenters. The van der Waals surface area contributed by atoms with Crippen molar-refractivity contribution in [2.75, 3.05) is 0 Å². The molecule has 2 heterocycles. The van der Waals surface area contributed by atoms with Gasteiger partial charge < -0.3 is 9.13 Å². The van der Waals surface area contributed by atoms with Crippen LogP contribution in [0, 0.1) is 13.8 Å². The third-order valence-corrected chi connectivity index (χ3v) is 23.4. The highest BCUT2D eigenvalue weighted by Crippen LogP contribution is 2.63. The number of rotatable bonds is 20. The van der Waals surface area contributed by atoms with Crippen molar-refractivity contribution >= 4 is 43.6 Å². The molecule has 0 atom stereocenters. The first kappa shape index (κ1) is 61.8. The van der Waals surface area contributed by atoms with Crippen LogP contribution in [0.2, 0.25) is 0 Å². The normalized spacial score (nSPS) is 13.5. The fraction of sp³-hybridized carbons (Fsp3) is 0.204. The van der Waals surface area contributed by atoms with Crippen LogP contribution in [0.15, 0.2) is 279 Å². The standard InChI is InChI=1S/C98H86N2/c1-5-7-9-11-13-25-55-97(56-26-14-12-10-8-6-2)91-62-72(69-43-41-68(42-44-69)67-39-37-65(3)38-40-67)45-50-80(91)81-51-46-73(63-92(81)97)74-57-66(4)58-76(59-74)100-94-36-24-19-31-83(94)86-61-71(48-54-96(86)100)70-47-53-95-85(60-70)82-30-18-23-35-93(82)99(95)75-49-52-90-84(64-75)79-29-17-22-34-89(79)98(90)87-32-20-15-27-77(87)78-28-16-21-33-88(78)98/h15-24,27-54,57-64H,5-14,25-26,55-56H2,1-4H3. The van der Waals surface area contributed by atoms with Gasteiger partial charge in [-0.25, -0.2) is 0 Å². The van der Waals surface area contributed by atoms with Gasteiger partial charge in [-0.3, -0.25) is 0 Å². The van der Waals surface area contributed by atoms with Crippen molar-refractivity contribution in [3.05, 3.63) is 324 Å². The van der Waals surface area contributed by atoms with Gasteiger partial charge in [0.1, 0.15) is 0 Å². The van der Waals surface area contributed by atoms with Crippen molar-refractivity contribution in [3.63, 3.8) is 0 Å². The molecule has 2 heteroatoms. The van der Waals surface area contributed by atoms with Crippen LogP contribution in [-0.4, -0.2) is 9.13 Å². The number of hydrogen-bond acceptors (Lipinski definition) is 0. The first-order valence-electron chi connectivity index (χ1n) is 37.4. The van der Waals surface area contributed by atoms with Gasteiger partial charge in [-0.1, -0.05) is 303 Å². The van der Waals surface area contributed by atoms with Crippen LogP contribution in [-0.2, 0) is 10.8 Å². The number of nitrogens with zero attached hydrogens (tertiary/aromatic N) is 2. The predicted octanol–water partition coefficient (Wildman–Crippen LogP) is 27.3. The summed E-state index contributed by atoms with van der Waals surface area (Å²) in [5.74, 6) is 0. The van der Waals surface area contributed by atoms with Gasteiger partial charge in [0.05, 0.1) is 27.5 Å². The summed E-state index contributed by atoms with van der Waals surface area (Å²) in [5.41, 5.74) is 36.1. The summed E-state index contributed by atoms with van der Waals surface area (Å²) in [5, 5.41) is 5.02. The average Bonchev–Trinajstić information content (AvgIpc) is 1.51. The Balaban J connectivity index is 0.708.